The van der Waals surface area contributed by atoms with Crippen LogP contribution in [0.5, 0.6) is 0 Å². The molecule has 0 aromatic heterocycles. The molecular formula is C17H29N3O. The molecule has 1 aromatic rings. The molecule has 2 atom stereocenters. The number of benzene rings is 1. The highest BCUT2D eigenvalue weighted by atomic mass is 16.2. The van der Waals surface area contributed by atoms with Crippen LogP contribution in [0.25, 0.3) is 0 Å². The minimum atomic E-state index is -0.406. The van der Waals surface area contributed by atoms with Gasteiger partial charge < -0.3 is 15.5 Å². The summed E-state index contributed by atoms with van der Waals surface area (Å²) in [4.78, 5) is 16.3. The van der Waals surface area contributed by atoms with Crippen molar-refractivity contribution in [2.75, 3.05) is 25.5 Å². The molecule has 1 amide bonds. The molecule has 118 valence electrons. The molecule has 0 saturated heterocycles. The van der Waals surface area contributed by atoms with E-state index < -0.39 is 6.04 Å². The summed E-state index contributed by atoms with van der Waals surface area (Å²) in [6.45, 7) is 7.39. The predicted molar refractivity (Wildman–Crippen MR) is 89.3 cm³/mol. The summed E-state index contributed by atoms with van der Waals surface area (Å²) in [6, 6.07) is 7.88. The van der Waals surface area contributed by atoms with Gasteiger partial charge in [0.15, 0.2) is 0 Å². The molecular weight excluding hydrogens is 262 g/mol. The first-order valence-electron chi connectivity index (χ1n) is 7.71. The highest BCUT2D eigenvalue weighted by Gasteiger charge is 2.24. The summed E-state index contributed by atoms with van der Waals surface area (Å²) >= 11 is 0. The molecule has 0 aliphatic rings. The average molecular weight is 291 g/mol. The highest BCUT2D eigenvalue weighted by molar-refractivity contribution is 5.81. The zero-order valence-electron chi connectivity index (χ0n) is 14.0. The van der Waals surface area contributed by atoms with Crippen LogP contribution in [0.3, 0.4) is 0 Å². The Morgan fingerprint density at radius 1 is 1.19 bits per heavy atom. The van der Waals surface area contributed by atoms with Crippen LogP contribution < -0.4 is 10.6 Å². The maximum atomic E-state index is 12.4. The van der Waals surface area contributed by atoms with E-state index in [0.717, 1.165) is 17.7 Å². The largest absolute Gasteiger partial charge is 0.378 e. The van der Waals surface area contributed by atoms with Crippen LogP contribution in [0, 0.1) is 5.92 Å². The lowest BCUT2D eigenvalue weighted by molar-refractivity contribution is -0.134. The third kappa shape index (κ3) is 4.74. The van der Waals surface area contributed by atoms with E-state index in [2.05, 4.69) is 36.1 Å². The molecule has 4 heteroatoms. The lowest BCUT2D eigenvalue weighted by Gasteiger charge is -2.27. The summed E-state index contributed by atoms with van der Waals surface area (Å²) in [5, 5.41) is 0. The number of nitrogens with zero attached hydrogens (tertiary/aromatic N) is 2. The normalized spacial score (nSPS) is 13.6. The Morgan fingerprint density at radius 2 is 1.76 bits per heavy atom. The van der Waals surface area contributed by atoms with Gasteiger partial charge in [-0.3, -0.25) is 4.79 Å². The van der Waals surface area contributed by atoms with Crippen LogP contribution >= 0.6 is 0 Å². The van der Waals surface area contributed by atoms with Gasteiger partial charge in [0.05, 0.1) is 6.04 Å². The smallest absolute Gasteiger partial charge is 0.240 e. The van der Waals surface area contributed by atoms with E-state index in [1.165, 1.54) is 0 Å². The molecule has 0 heterocycles. The fraction of sp³-hybridized carbons (Fsp3) is 0.588. The van der Waals surface area contributed by atoms with Crippen molar-refractivity contribution in [2.45, 2.75) is 39.8 Å². The van der Waals surface area contributed by atoms with E-state index >= 15 is 0 Å². The Bertz CT molecular complexity index is 442. The second-order valence-corrected chi connectivity index (χ2v) is 5.82. The first kappa shape index (κ1) is 17.5. The quantitative estimate of drug-likeness (QED) is 0.839. The highest BCUT2D eigenvalue weighted by Crippen LogP contribution is 2.15. The average Bonchev–Trinajstić information content (AvgIpc) is 2.50. The standard InChI is InChI=1S/C17H29N3O/c1-6-13(3)16(18)17(21)20(7-2)12-14-8-10-15(11-9-14)19(4)5/h8-11,13,16H,6-7,12,18H2,1-5H3. The molecule has 0 bridgehead atoms. The summed E-state index contributed by atoms with van der Waals surface area (Å²) < 4.78 is 0. The maximum absolute atomic E-state index is 12.4. The van der Waals surface area contributed by atoms with E-state index in [1.807, 2.05) is 32.8 Å². The summed E-state index contributed by atoms with van der Waals surface area (Å²) in [6.07, 6.45) is 0.919. The molecule has 0 fully saturated rings. The third-order valence-corrected chi connectivity index (χ3v) is 4.06. The van der Waals surface area contributed by atoms with Gasteiger partial charge in [0, 0.05) is 32.9 Å². The number of amides is 1. The van der Waals surface area contributed by atoms with Crippen molar-refractivity contribution in [2.24, 2.45) is 11.7 Å². The molecule has 0 aliphatic carbocycles. The number of anilines is 1. The van der Waals surface area contributed by atoms with Crippen LogP contribution in [0.2, 0.25) is 0 Å². The van der Waals surface area contributed by atoms with Gasteiger partial charge in [-0.25, -0.2) is 0 Å². The van der Waals surface area contributed by atoms with Crippen molar-refractivity contribution < 1.29 is 4.79 Å². The van der Waals surface area contributed by atoms with Crippen molar-refractivity contribution in [3.8, 4) is 0 Å². The van der Waals surface area contributed by atoms with Crippen LogP contribution in [0.1, 0.15) is 32.8 Å². The van der Waals surface area contributed by atoms with Gasteiger partial charge in [0.25, 0.3) is 0 Å². The molecule has 21 heavy (non-hydrogen) atoms. The van der Waals surface area contributed by atoms with Gasteiger partial charge in [0.2, 0.25) is 5.91 Å². The molecule has 0 aliphatic heterocycles. The molecule has 0 radical (unpaired) electrons. The van der Waals surface area contributed by atoms with Gasteiger partial charge in [0.1, 0.15) is 0 Å². The van der Waals surface area contributed by atoms with E-state index in [4.69, 9.17) is 5.73 Å². The molecule has 1 aromatic carbocycles. The van der Waals surface area contributed by atoms with Crippen LogP contribution in [0.4, 0.5) is 5.69 Å². The summed E-state index contributed by atoms with van der Waals surface area (Å²) in [7, 11) is 4.03. The van der Waals surface area contributed by atoms with Gasteiger partial charge >= 0.3 is 0 Å². The molecule has 4 nitrogen and oxygen atoms in total. The first-order chi connectivity index (χ1) is 9.90. The molecule has 1 rings (SSSR count). The number of rotatable bonds is 7. The minimum absolute atomic E-state index is 0.0449. The number of carbonyl (C=O) groups is 1. The zero-order chi connectivity index (χ0) is 16.0. The van der Waals surface area contributed by atoms with Gasteiger partial charge in [-0.1, -0.05) is 32.4 Å². The van der Waals surface area contributed by atoms with E-state index in [9.17, 15) is 4.79 Å². The minimum Gasteiger partial charge on any atom is -0.378 e. The van der Waals surface area contributed by atoms with Crippen molar-refractivity contribution in [3.63, 3.8) is 0 Å². The van der Waals surface area contributed by atoms with Crippen LogP contribution in [0.15, 0.2) is 24.3 Å². The Labute approximate surface area is 128 Å². The van der Waals surface area contributed by atoms with Crippen LogP contribution in [-0.4, -0.2) is 37.5 Å². The Balaban J connectivity index is 2.75. The summed E-state index contributed by atoms with van der Waals surface area (Å²) in [5.41, 5.74) is 8.36. The molecule has 2 N–H and O–H groups in total. The molecule has 0 spiro atoms. The van der Waals surface area contributed by atoms with E-state index in [-0.39, 0.29) is 11.8 Å². The lowest BCUT2D eigenvalue weighted by atomic mass is 9.98. The van der Waals surface area contributed by atoms with Gasteiger partial charge in [-0.15, -0.1) is 0 Å². The van der Waals surface area contributed by atoms with Crippen LogP contribution in [-0.2, 0) is 11.3 Å². The fourth-order valence-electron chi connectivity index (χ4n) is 2.17. The Kier molecular flexibility index (Phi) is 6.69. The van der Waals surface area contributed by atoms with Crippen molar-refractivity contribution in [1.82, 2.24) is 4.90 Å². The number of likely N-dealkylation sites (N-methyl/N-ethyl adjacent to an activating group) is 1. The topological polar surface area (TPSA) is 49.6 Å². The monoisotopic (exact) mass is 291 g/mol. The maximum Gasteiger partial charge on any atom is 0.240 e. The molecule has 0 saturated carbocycles. The zero-order valence-corrected chi connectivity index (χ0v) is 14.0. The van der Waals surface area contributed by atoms with Crippen molar-refractivity contribution >= 4 is 11.6 Å². The molecule has 2 unspecified atom stereocenters. The fourth-order valence-corrected chi connectivity index (χ4v) is 2.17. The van der Waals surface area contributed by atoms with Gasteiger partial charge in [-0.05, 0) is 30.5 Å². The van der Waals surface area contributed by atoms with E-state index in [1.54, 1.807) is 0 Å². The SMILES string of the molecule is CCC(C)C(N)C(=O)N(CC)Cc1ccc(N(C)C)cc1. The van der Waals surface area contributed by atoms with Gasteiger partial charge in [-0.2, -0.15) is 0 Å². The Morgan fingerprint density at radius 3 is 2.19 bits per heavy atom. The third-order valence-electron chi connectivity index (χ3n) is 4.06. The van der Waals surface area contributed by atoms with E-state index in [0.29, 0.717) is 13.1 Å². The predicted octanol–water partition coefficient (Wildman–Crippen LogP) is 2.47. The number of carbonyl (C=O) groups excluding carboxylic acids is 1. The number of hydrogen-bond acceptors (Lipinski definition) is 3. The second-order valence-electron chi connectivity index (χ2n) is 5.82. The second kappa shape index (κ2) is 8.03. The Hall–Kier alpha value is -1.55. The number of nitrogens with two attached hydrogens (primary N) is 1. The summed E-state index contributed by atoms with van der Waals surface area (Å²) in [5.74, 6) is 0.256. The number of hydrogen-bond donors (Lipinski definition) is 1. The first-order valence-corrected chi connectivity index (χ1v) is 7.71. The van der Waals surface area contributed by atoms with Crippen molar-refractivity contribution in [3.05, 3.63) is 29.8 Å². The lowest BCUT2D eigenvalue weighted by Crippen LogP contribution is -2.46. The van der Waals surface area contributed by atoms with Crippen molar-refractivity contribution in [1.29, 1.82) is 0 Å².